The van der Waals surface area contributed by atoms with E-state index in [9.17, 15) is 0 Å². The number of methoxy groups -OCH3 is 1. The van der Waals surface area contributed by atoms with E-state index in [1.165, 1.54) is 6.33 Å². The first-order valence-electron chi connectivity index (χ1n) is 4.18. The van der Waals surface area contributed by atoms with E-state index in [0.717, 1.165) is 17.0 Å². The van der Waals surface area contributed by atoms with Gasteiger partial charge in [0.2, 0.25) is 0 Å². The minimum absolute atomic E-state index is 0.762. The second kappa shape index (κ2) is 3.83. The van der Waals surface area contributed by atoms with E-state index in [4.69, 9.17) is 4.74 Å². The predicted octanol–water partition coefficient (Wildman–Crippen LogP) is 1.55. The van der Waals surface area contributed by atoms with Gasteiger partial charge < -0.3 is 4.74 Å². The number of para-hydroxylation sites is 1. The maximum Gasteiger partial charge on any atom is 0.138 e. The highest BCUT2D eigenvalue weighted by Crippen LogP contribution is 2.26. The van der Waals surface area contributed by atoms with Gasteiger partial charge in [-0.25, -0.2) is 4.98 Å². The van der Waals surface area contributed by atoms with Gasteiger partial charge in [0.1, 0.15) is 12.1 Å². The number of nitrogens with zero attached hydrogens (tertiary/aromatic N) is 3. The summed E-state index contributed by atoms with van der Waals surface area (Å²) in [6.45, 7) is 0. The number of ether oxygens (including phenoxy) is 1. The Balaban J connectivity index is 2.51. The molecule has 14 heavy (non-hydrogen) atoms. The molecule has 0 N–H and O–H groups in total. The molecule has 1 aromatic carbocycles. The molecule has 0 saturated heterocycles. The van der Waals surface area contributed by atoms with Crippen molar-refractivity contribution in [3.63, 3.8) is 0 Å². The lowest BCUT2D eigenvalue weighted by Gasteiger charge is -2.05. The predicted molar refractivity (Wildman–Crippen MR) is 51.8 cm³/mol. The fraction of sp³-hybridized carbons (Fsp3) is 0.100. The molecule has 0 aliphatic rings. The highest BCUT2D eigenvalue weighted by Gasteiger charge is 2.04. The molecule has 4 heteroatoms. The third-order valence-corrected chi connectivity index (χ3v) is 1.88. The highest BCUT2D eigenvalue weighted by atomic mass is 16.5. The molecule has 0 bridgehead atoms. The van der Waals surface area contributed by atoms with E-state index in [-0.39, 0.29) is 0 Å². The standard InChI is InChI=1S/C10H9N3O/c1-14-10-5-3-2-4-8(10)9-6-12-13-7-11-9/h2-7H,1H3. The largest absolute Gasteiger partial charge is 0.496 e. The maximum absolute atomic E-state index is 5.21. The number of hydrogen-bond donors (Lipinski definition) is 0. The van der Waals surface area contributed by atoms with Crippen LogP contribution in [0.2, 0.25) is 0 Å². The van der Waals surface area contributed by atoms with Crippen molar-refractivity contribution in [3.05, 3.63) is 36.8 Å². The normalized spacial score (nSPS) is 9.79. The van der Waals surface area contributed by atoms with E-state index >= 15 is 0 Å². The van der Waals surface area contributed by atoms with Gasteiger partial charge in [0.25, 0.3) is 0 Å². The summed E-state index contributed by atoms with van der Waals surface area (Å²) in [5.41, 5.74) is 1.68. The molecule has 0 aliphatic carbocycles. The monoisotopic (exact) mass is 187 g/mol. The van der Waals surface area contributed by atoms with Crippen LogP contribution in [0.4, 0.5) is 0 Å². The lowest BCUT2D eigenvalue weighted by molar-refractivity contribution is 0.416. The van der Waals surface area contributed by atoms with Gasteiger partial charge in [-0.05, 0) is 12.1 Å². The lowest BCUT2D eigenvalue weighted by atomic mass is 10.1. The van der Waals surface area contributed by atoms with Crippen molar-refractivity contribution < 1.29 is 4.74 Å². The van der Waals surface area contributed by atoms with Crippen LogP contribution < -0.4 is 4.74 Å². The average Bonchev–Trinajstić information content (AvgIpc) is 2.30. The molecule has 1 aromatic heterocycles. The summed E-state index contributed by atoms with van der Waals surface area (Å²) in [4.78, 5) is 4.10. The Morgan fingerprint density at radius 1 is 1.14 bits per heavy atom. The van der Waals surface area contributed by atoms with Crippen LogP contribution in [0.1, 0.15) is 0 Å². The molecular formula is C10H9N3O. The first kappa shape index (κ1) is 8.62. The highest BCUT2D eigenvalue weighted by molar-refractivity contribution is 5.65. The fourth-order valence-electron chi connectivity index (χ4n) is 1.23. The minimum atomic E-state index is 0.762. The number of rotatable bonds is 2. The zero-order valence-corrected chi connectivity index (χ0v) is 7.71. The van der Waals surface area contributed by atoms with Gasteiger partial charge in [0.05, 0.1) is 19.0 Å². The molecule has 0 aliphatic heterocycles. The number of hydrogen-bond acceptors (Lipinski definition) is 4. The van der Waals surface area contributed by atoms with Gasteiger partial charge in [0, 0.05) is 5.56 Å². The quantitative estimate of drug-likeness (QED) is 0.715. The van der Waals surface area contributed by atoms with Crippen LogP contribution in [-0.2, 0) is 0 Å². The van der Waals surface area contributed by atoms with Crippen LogP contribution in [-0.4, -0.2) is 22.3 Å². The SMILES string of the molecule is COc1ccccc1-c1cnncn1. The number of benzene rings is 1. The molecule has 0 spiro atoms. The van der Waals surface area contributed by atoms with Crippen molar-refractivity contribution in [2.75, 3.05) is 7.11 Å². The van der Waals surface area contributed by atoms with Crippen LogP contribution in [0.3, 0.4) is 0 Å². The second-order valence-corrected chi connectivity index (χ2v) is 2.69. The Morgan fingerprint density at radius 2 is 2.00 bits per heavy atom. The summed E-state index contributed by atoms with van der Waals surface area (Å²) in [7, 11) is 1.63. The van der Waals surface area contributed by atoms with Gasteiger partial charge in [-0.1, -0.05) is 12.1 Å². The van der Waals surface area contributed by atoms with Gasteiger partial charge in [-0.3, -0.25) is 0 Å². The molecule has 70 valence electrons. The van der Waals surface area contributed by atoms with E-state index in [1.807, 2.05) is 24.3 Å². The van der Waals surface area contributed by atoms with Crippen molar-refractivity contribution in [2.45, 2.75) is 0 Å². The van der Waals surface area contributed by atoms with E-state index in [0.29, 0.717) is 0 Å². The molecule has 1 heterocycles. The van der Waals surface area contributed by atoms with Gasteiger partial charge >= 0.3 is 0 Å². The van der Waals surface area contributed by atoms with Crippen LogP contribution in [0.15, 0.2) is 36.8 Å². The van der Waals surface area contributed by atoms with Crippen molar-refractivity contribution in [3.8, 4) is 17.0 Å². The molecule has 0 radical (unpaired) electrons. The summed E-state index contributed by atoms with van der Waals surface area (Å²) < 4.78 is 5.21. The van der Waals surface area contributed by atoms with Crippen LogP contribution >= 0.6 is 0 Å². The third kappa shape index (κ3) is 1.54. The Kier molecular flexibility index (Phi) is 2.36. The van der Waals surface area contributed by atoms with Crippen molar-refractivity contribution >= 4 is 0 Å². The molecule has 0 amide bonds. The zero-order valence-electron chi connectivity index (χ0n) is 7.71. The Morgan fingerprint density at radius 3 is 2.71 bits per heavy atom. The smallest absolute Gasteiger partial charge is 0.138 e. The Bertz CT molecular complexity index is 417. The average molecular weight is 187 g/mol. The number of aromatic nitrogens is 3. The van der Waals surface area contributed by atoms with Crippen molar-refractivity contribution in [1.82, 2.24) is 15.2 Å². The summed E-state index contributed by atoms with van der Waals surface area (Å²) in [5.74, 6) is 0.785. The summed E-state index contributed by atoms with van der Waals surface area (Å²) in [6, 6.07) is 7.66. The second-order valence-electron chi connectivity index (χ2n) is 2.69. The van der Waals surface area contributed by atoms with Crippen LogP contribution in [0, 0.1) is 0 Å². The first-order valence-corrected chi connectivity index (χ1v) is 4.18. The Hall–Kier alpha value is -1.97. The minimum Gasteiger partial charge on any atom is -0.496 e. The molecule has 2 rings (SSSR count). The Labute approximate surface area is 81.6 Å². The lowest BCUT2D eigenvalue weighted by Crippen LogP contribution is -1.91. The summed E-state index contributed by atoms with van der Waals surface area (Å²) >= 11 is 0. The maximum atomic E-state index is 5.21. The third-order valence-electron chi connectivity index (χ3n) is 1.88. The first-order chi connectivity index (χ1) is 6.92. The van der Waals surface area contributed by atoms with Crippen molar-refractivity contribution in [2.24, 2.45) is 0 Å². The van der Waals surface area contributed by atoms with E-state index < -0.39 is 0 Å². The van der Waals surface area contributed by atoms with E-state index in [1.54, 1.807) is 13.3 Å². The van der Waals surface area contributed by atoms with Gasteiger partial charge in [0.15, 0.2) is 0 Å². The van der Waals surface area contributed by atoms with Gasteiger partial charge in [-0.15, -0.1) is 5.10 Å². The summed E-state index contributed by atoms with van der Waals surface area (Å²) in [5, 5.41) is 7.39. The van der Waals surface area contributed by atoms with Crippen LogP contribution in [0.25, 0.3) is 11.3 Å². The molecule has 0 unspecified atom stereocenters. The summed E-state index contributed by atoms with van der Waals surface area (Å²) in [6.07, 6.45) is 3.03. The van der Waals surface area contributed by atoms with E-state index in [2.05, 4.69) is 15.2 Å². The molecule has 0 atom stereocenters. The molecule has 0 fully saturated rings. The topological polar surface area (TPSA) is 47.9 Å². The van der Waals surface area contributed by atoms with Gasteiger partial charge in [-0.2, -0.15) is 5.10 Å². The molecular weight excluding hydrogens is 178 g/mol. The van der Waals surface area contributed by atoms with Crippen molar-refractivity contribution in [1.29, 1.82) is 0 Å². The van der Waals surface area contributed by atoms with Crippen LogP contribution in [0.5, 0.6) is 5.75 Å². The fourth-order valence-corrected chi connectivity index (χ4v) is 1.23. The molecule has 2 aromatic rings. The molecule has 0 saturated carbocycles. The zero-order chi connectivity index (χ0) is 9.80. The molecule has 4 nitrogen and oxygen atoms in total.